The molecule has 3 fully saturated rings. The predicted octanol–water partition coefficient (Wildman–Crippen LogP) is 3.46. The Morgan fingerprint density at radius 1 is 0.941 bits per heavy atom. The molecule has 2 aromatic rings. The first-order valence-corrected chi connectivity index (χ1v) is 11.9. The quantitative estimate of drug-likeness (QED) is 0.219. The van der Waals surface area contributed by atoms with E-state index in [9.17, 15) is 19.2 Å². The molecule has 5 aliphatic rings. The molecule has 172 valence electrons. The fourth-order valence-corrected chi connectivity index (χ4v) is 6.37. The third-order valence-electron chi connectivity index (χ3n) is 8.01. The Labute approximate surface area is 197 Å². The molecule has 1 saturated heterocycles. The van der Waals surface area contributed by atoms with Crippen molar-refractivity contribution in [3.8, 4) is 5.75 Å². The van der Waals surface area contributed by atoms with Crippen LogP contribution in [0.25, 0.3) is 0 Å². The normalized spacial score (nSPS) is 31.1. The summed E-state index contributed by atoms with van der Waals surface area (Å²) in [4.78, 5) is 53.7. The first-order valence-electron chi connectivity index (χ1n) is 11.9. The van der Waals surface area contributed by atoms with Crippen molar-refractivity contribution in [1.29, 1.82) is 0 Å². The zero-order valence-corrected chi connectivity index (χ0v) is 18.8. The second-order valence-electron chi connectivity index (χ2n) is 9.91. The highest BCUT2D eigenvalue weighted by atomic mass is 16.5. The molecule has 2 aromatic carbocycles. The number of hydrogen-bond acceptors (Lipinski definition) is 5. The average molecular weight is 456 g/mol. The molecule has 2 saturated carbocycles. The Hall–Kier alpha value is -3.54. The largest absolute Gasteiger partial charge is 0.425 e. The van der Waals surface area contributed by atoms with Crippen LogP contribution in [-0.4, -0.2) is 34.5 Å². The van der Waals surface area contributed by atoms with Gasteiger partial charge in [0.15, 0.2) is 5.78 Å². The summed E-state index contributed by atoms with van der Waals surface area (Å²) >= 11 is 0. The Morgan fingerprint density at radius 3 is 2.21 bits per heavy atom. The van der Waals surface area contributed by atoms with Gasteiger partial charge in [-0.05, 0) is 54.7 Å². The van der Waals surface area contributed by atoms with Gasteiger partial charge >= 0.3 is 5.97 Å². The van der Waals surface area contributed by atoms with E-state index in [0.29, 0.717) is 17.4 Å². The molecular weight excluding hydrogens is 430 g/mol. The summed E-state index contributed by atoms with van der Waals surface area (Å²) < 4.78 is 5.65. The summed E-state index contributed by atoms with van der Waals surface area (Å²) in [7, 11) is 0. The summed E-state index contributed by atoms with van der Waals surface area (Å²) in [6, 6.07) is 14.7. The number of imide groups is 1. The molecule has 0 N–H and O–H groups in total. The van der Waals surface area contributed by atoms with Crippen LogP contribution in [0.1, 0.15) is 29.3 Å². The molecule has 1 aliphatic heterocycles. The maximum Gasteiger partial charge on any atom is 0.335 e. The first-order chi connectivity index (χ1) is 16.4. The molecule has 6 nitrogen and oxygen atoms in total. The topological polar surface area (TPSA) is 80.8 Å². The van der Waals surface area contributed by atoms with Gasteiger partial charge in [0.2, 0.25) is 11.8 Å². The second-order valence-corrected chi connectivity index (χ2v) is 9.91. The van der Waals surface area contributed by atoms with Crippen molar-refractivity contribution >= 4 is 23.6 Å². The second kappa shape index (κ2) is 7.76. The van der Waals surface area contributed by atoms with E-state index >= 15 is 0 Å². The minimum absolute atomic E-state index is 0.0853. The Morgan fingerprint density at radius 2 is 1.59 bits per heavy atom. The van der Waals surface area contributed by atoms with Crippen LogP contribution in [0.4, 0.5) is 0 Å². The number of carbonyl (C=O) groups is 4. The minimum atomic E-state index is -1.07. The zero-order chi connectivity index (χ0) is 23.6. The van der Waals surface area contributed by atoms with Crippen LogP contribution in [0.5, 0.6) is 5.75 Å². The molecule has 0 radical (unpaired) electrons. The highest BCUT2D eigenvalue weighted by Gasteiger charge is 2.68. The fourth-order valence-electron chi connectivity index (χ4n) is 6.37. The lowest BCUT2D eigenvalue weighted by molar-refractivity contribution is -0.153. The van der Waals surface area contributed by atoms with Gasteiger partial charge in [0.05, 0.1) is 11.8 Å². The van der Waals surface area contributed by atoms with Gasteiger partial charge in [0, 0.05) is 12.0 Å². The Balaban J connectivity index is 1.32. The van der Waals surface area contributed by atoms with E-state index in [4.69, 9.17) is 4.74 Å². The van der Waals surface area contributed by atoms with E-state index < -0.39 is 12.0 Å². The molecule has 0 spiro atoms. The maximum atomic E-state index is 13.7. The molecule has 1 heterocycles. The Bertz CT molecular complexity index is 1200. The maximum absolute atomic E-state index is 13.7. The first kappa shape index (κ1) is 21.0. The van der Waals surface area contributed by atoms with Gasteiger partial charge in [0.25, 0.3) is 0 Å². The van der Waals surface area contributed by atoms with Gasteiger partial charge in [0.1, 0.15) is 11.8 Å². The van der Waals surface area contributed by atoms with Crippen LogP contribution in [0.15, 0.2) is 66.7 Å². The number of esters is 1. The number of nitrogens with zero attached hydrogens (tertiary/aromatic N) is 1. The summed E-state index contributed by atoms with van der Waals surface area (Å²) in [6.07, 6.45) is 5.50. The standard InChI is InChI=1S/C28H25NO5/c1-15(30)17-8-5-9-18(13-17)34-28(33)23(12-16-6-3-2-4-7-16)29-26(31)24-19-10-11-20(22-14-21(19)22)25(24)27(29)32/h2-11,13,19-25H,12,14H2,1H3/t19-,20-,21-,22+,23-,24-,25+/m0/s1. The van der Waals surface area contributed by atoms with Gasteiger partial charge in [-0.1, -0.05) is 54.6 Å². The minimum Gasteiger partial charge on any atom is -0.425 e. The fraction of sp³-hybridized carbons (Fsp3) is 0.357. The molecule has 7 atom stereocenters. The zero-order valence-electron chi connectivity index (χ0n) is 18.8. The van der Waals surface area contributed by atoms with Gasteiger partial charge in [-0.25, -0.2) is 4.79 Å². The summed E-state index contributed by atoms with van der Waals surface area (Å²) in [5, 5.41) is 0. The summed E-state index contributed by atoms with van der Waals surface area (Å²) in [6.45, 7) is 1.44. The van der Waals surface area contributed by atoms with E-state index in [-0.39, 0.29) is 53.4 Å². The van der Waals surface area contributed by atoms with E-state index in [1.54, 1.807) is 18.2 Å². The molecule has 2 amide bonds. The highest BCUT2D eigenvalue weighted by molar-refractivity contribution is 6.09. The van der Waals surface area contributed by atoms with Crippen molar-refractivity contribution in [1.82, 2.24) is 4.90 Å². The highest BCUT2D eigenvalue weighted by Crippen LogP contribution is 2.65. The molecule has 0 aromatic heterocycles. The van der Waals surface area contributed by atoms with Crippen molar-refractivity contribution in [3.63, 3.8) is 0 Å². The van der Waals surface area contributed by atoms with Crippen molar-refractivity contribution in [3.05, 3.63) is 77.9 Å². The predicted molar refractivity (Wildman–Crippen MR) is 123 cm³/mol. The van der Waals surface area contributed by atoms with Crippen molar-refractivity contribution < 1.29 is 23.9 Å². The van der Waals surface area contributed by atoms with E-state index in [1.807, 2.05) is 30.3 Å². The average Bonchev–Trinajstić information content (AvgIpc) is 3.62. The number of benzene rings is 2. The molecule has 7 rings (SSSR count). The number of Topliss-reactive ketones (excluding diaryl/α,β-unsaturated/α-hetero) is 1. The lowest BCUT2D eigenvalue weighted by Gasteiger charge is -2.37. The van der Waals surface area contributed by atoms with Crippen LogP contribution >= 0.6 is 0 Å². The number of carbonyl (C=O) groups excluding carboxylic acids is 4. The van der Waals surface area contributed by atoms with Crippen molar-refractivity contribution in [2.24, 2.45) is 35.5 Å². The Kier molecular flexibility index (Phi) is 4.80. The van der Waals surface area contributed by atoms with Crippen molar-refractivity contribution in [2.75, 3.05) is 0 Å². The number of rotatable bonds is 6. The van der Waals surface area contributed by atoms with Crippen LogP contribution < -0.4 is 4.74 Å². The molecule has 0 unspecified atom stereocenters. The molecule has 6 heteroatoms. The van der Waals surface area contributed by atoms with Gasteiger partial charge in [-0.3, -0.25) is 19.3 Å². The van der Waals surface area contributed by atoms with Gasteiger partial charge < -0.3 is 4.74 Å². The SMILES string of the molecule is CC(=O)c1cccc(OC(=O)[C@H](Cc2ccccc2)N2C(=O)[C@@H]3[C@H]4C=C[C@@H]([C@@H]5C[C@H]45)[C@@H]3C2=O)c1. The van der Waals surface area contributed by atoms with E-state index in [1.165, 1.54) is 17.9 Å². The molecule has 34 heavy (non-hydrogen) atoms. The third-order valence-corrected chi connectivity index (χ3v) is 8.01. The summed E-state index contributed by atoms with van der Waals surface area (Å²) in [5.41, 5.74) is 1.26. The lowest BCUT2D eigenvalue weighted by atomic mass is 9.63. The molecule has 4 aliphatic carbocycles. The number of hydrogen-bond donors (Lipinski definition) is 0. The molecule has 2 bridgehead atoms. The number of amides is 2. The van der Waals surface area contributed by atoms with Gasteiger partial charge in [-0.15, -0.1) is 0 Å². The van der Waals surface area contributed by atoms with Crippen molar-refractivity contribution in [2.45, 2.75) is 25.8 Å². The lowest BCUT2D eigenvalue weighted by Crippen LogP contribution is -2.48. The van der Waals surface area contributed by atoms with Crippen LogP contribution in [0.3, 0.4) is 0 Å². The monoisotopic (exact) mass is 455 g/mol. The third kappa shape index (κ3) is 3.23. The van der Waals surface area contributed by atoms with Crippen LogP contribution in [0.2, 0.25) is 0 Å². The number of ether oxygens (including phenoxy) is 1. The summed E-state index contributed by atoms with van der Waals surface area (Å²) in [5.74, 6) is -0.713. The van der Waals surface area contributed by atoms with Gasteiger partial charge in [-0.2, -0.15) is 0 Å². The number of ketones is 1. The van der Waals surface area contributed by atoms with Crippen LogP contribution in [-0.2, 0) is 20.8 Å². The number of likely N-dealkylation sites (tertiary alicyclic amines) is 1. The smallest absolute Gasteiger partial charge is 0.335 e. The van der Waals surface area contributed by atoms with Crippen LogP contribution in [0, 0.1) is 35.5 Å². The number of allylic oxidation sites excluding steroid dienone is 2. The van der Waals surface area contributed by atoms with E-state index in [0.717, 1.165) is 12.0 Å². The van der Waals surface area contributed by atoms with E-state index in [2.05, 4.69) is 12.2 Å². The molecular formula is C28H25NO5.